The molecule has 2 aromatic rings. The molecule has 4 rings (SSSR count). The average molecular weight is 521 g/mol. The summed E-state index contributed by atoms with van der Waals surface area (Å²) in [5.41, 5.74) is 3.23. The standard InChI is InChI=1S/C23H22Cl2N4O2S2/c24-16-10-12(1-7-18(16)26-22(32)28-20(30)14-3-4-14)9-13-2-8-19(17(25)11-13)27-23(33)29-21(31)15-5-6-15/h1-2,7-8,10-11,14-15H,3-6,9H2,(H2,26,28,30,32)(H2,27,29,31,33). The summed E-state index contributed by atoms with van der Waals surface area (Å²) in [5.74, 6) is 0.0448. The van der Waals surface area contributed by atoms with Gasteiger partial charge in [0, 0.05) is 11.8 Å². The first-order chi connectivity index (χ1) is 15.8. The molecule has 0 unspecified atom stereocenters. The lowest BCUT2D eigenvalue weighted by molar-refractivity contribution is -0.121. The molecule has 4 N–H and O–H groups in total. The van der Waals surface area contributed by atoms with Crippen LogP contribution in [0.15, 0.2) is 36.4 Å². The Morgan fingerprint density at radius 3 is 1.48 bits per heavy atom. The molecule has 33 heavy (non-hydrogen) atoms. The van der Waals surface area contributed by atoms with Gasteiger partial charge in [-0.25, -0.2) is 0 Å². The van der Waals surface area contributed by atoms with E-state index in [4.69, 9.17) is 47.6 Å². The van der Waals surface area contributed by atoms with Crippen molar-refractivity contribution in [1.29, 1.82) is 0 Å². The van der Waals surface area contributed by atoms with E-state index >= 15 is 0 Å². The molecular formula is C23H22Cl2N4O2S2. The SMILES string of the molecule is O=C(NC(=S)Nc1ccc(Cc2ccc(NC(=S)NC(=O)C3CC3)c(Cl)c2)cc1Cl)C1CC1. The lowest BCUT2D eigenvalue weighted by atomic mass is 10.0. The van der Waals surface area contributed by atoms with Crippen molar-refractivity contribution in [3.63, 3.8) is 0 Å². The smallest absolute Gasteiger partial charge is 0.229 e. The number of nitrogens with one attached hydrogen (secondary N) is 4. The Bertz CT molecular complexity index is 1050. The van der Waals surface area contributed by atoms with E-state index in [1.54, 1.807) is 0 Å². The largest absolute Gasteiger partial charge is 0.331 e. The van der Waals surface area contributed by atoms with Crippen molar-refractivity contribution in [1.82, 2.24) is 10.6 Å². The second-order valence-electron chi connectivity index (χ2n) is 8.24. The number of carbonyl (C=O) groups excluding carboxylic acids is 2. The minimum atomic E-state index is -0.0545. The van der Waals surface area contributed by atoms with Gasteiger partial charge in [-0.3, -0.25) is 9.59 Å². The first-order valence-electron chi connectivity index (χ1n) is 10.6. The molecule has 0 heterocycles. The Labute approximate surface area is 212 Å². The van der Waals surface area contributed by atoms with Crippen LogP contribution in [0.1, 0.15) is 36.8 Å². The topological polar surface area (TPSA) is 82.3 Å². The van der Waals surface area contributed by atoms with Crippen molar-refractivity contribution in [2.24, 2.45) is 11.8 Å². The number of amides is 2. The van der Waals surface area contributed by atoms with Crippen LogP contribution >= 0.6 is 47.6 Å². The molecule has 0 spiro atoms. The van der Waals surface area contributed by atoms with Crippen LogP contribution in [0.2, 0.25) is 10.0 Å². The first kappa shape index (κ1) is 23.9. The Hall–Kier alpha value is -2.26. The minimum absolute atomic E-state index is 0.0545. The second kappa shape index (κ2) is 10.3. The van der Waals surface area contributed by atoms with Gasteiger partial charge in [0.2, 0.25) is 11.8 Å². The summed E-state index contributed by atoms with van der Waals surface area (Å²) in [6, 6.07) is 11.2. The highest BCUT2D eigenvalue weighted by Gasteiger charge is 2.30. The maximum Gasteiger partial charge on any atom is 0.229 e. The number of thiocarbonyl (C=S) groups is 2. The Morgan fingerprint density at radius 2 is 1.15 bits per heavy atom. The van der Waals surface area contributed by atoms with Crippen LogP contribution in [-0.4, -0.2) is 22.0 Å². The van der Waals surface area contributed by atoms with Gasteiger partial charge in [-0.05, 0) is 91.9 Å². The van der Waals surface area contributed by atoms with E-state index < -0.39 is 0 Å². The number of rotatable bonds is 6. The molecule has 6 nitrogen and oxygen atoms in total. The predicted molar refractivity (Wildman–Crippen MR) is 140 cm³/mol. The normalized spacial score (nSPS) is 14.8. The highest BCUT2D eigenvalue weighted by atomic mass is 35.5. The van der Waals surface area contributed by atoms with E-state index in [0.29, 0.717) is 27.8 Å². The lowest BCUT2D eigenvalue weighted by Gasteiger charge is -2.13. The lowest BCUT2D eigenvalue weighted by Crippen LogP contribution is -2.35. The molecule has 2 aliphatic carbocycles. The third-order valence-corrected chi connectivity index (χ3v) is 6.38. The van der Waals surface area contributed by atoms with Gasteiger partial charge >= 0.3 is 0 Å². The highest BCUT2D eigenvalue weighted by Crippen LogP contribution is 2.30. The van der Waals surface area contributed by atoms with Crippen LogP contribution in [0.5, 0.6) is 0 Å². The molecule has 0 atom stereocenters. The number of hydrogen-bond acceptors (Lipinski definition) is 4. The third kappa shape index (κ3) is 6.86. The summed E-state index contributed by atoms with van der Waals surface area (Å²) in [6.45, 7) is 0. The number of carbonyl (C=O) groups is 2. The summed E-state index contributed by atoms with van der Waals surface area (Å²) < 4.78 is 0. The van der Waals surface area contributed by atoms with Crippen LogP contribution in [0, 0.1) is 11.8 Å². The van der Waals surface area contributed by atoms with Crippen LogP contribution in [0.3, 0.4) is 0 Å². The quantitative estimate of drug-likeness (QED) is 0.400. The highest BCUT2D eigenvalue weighted by molar-refractivity contribution is 7.80. The average Bonchev–Trinajstić information content (AvgIpc) is 3.63. The van der Waals surface area contributed by atoms with Gasteiger partial charge in [0.1, 0.15) is 0 Å². The number of hydrogen-bond donors (Lipinski definition) is 4. The summed E-state index contributed by atoms with van der Waals surface area (Å²) in [5, 5.41) is 12.8. The van der Waals surface area contributed by atoms with E-state index in [1.807, 2.05) is 36.4 Å². The maximum absolute atomic E-state index is 11.8. The monoisotopic (exact) mass is 520 g/mol. The van der Waals surface area contributed by atoms with Gasteiger partial charge in [-0.1, -0.05) is 35.3 Å². The first-order valence-corrected chi connectivity index (χ1v) is 12.2. The minimum Gasteiger partial charge on any atom is -0.331 e. The maximum atomic E-state index is 11.8. The van der Waals surface area contributed by atoms with Gasteiger partial charge < -0.3 is 21.3 Å². The van der Waals surface area contributed by atoms with Gasteiger partial charge in [-0.2, -0.15) is 0 Å². The fourth-order valence-corrected chi connectivity index (χ4v) is 4.12. The molecule has 0 aliphatic heterocycles. The van der Waals surface area contributed by atoms with E-state index in [1.165, 1.54) is 0 Å². The van der Waals surface area contributed by atoms with Gasteiger partial charge in [0.05, 0.1) is 21.4 Å². The van der Waals surface area contributed by atoms with Crippen LogP contribution in [-0.2, 0) is 16.0 Å². The molecule has 2 saturated carbocycles. The van der Waals surface area contributed by atoms with Crippen molar-refractivity contribution in [2.45, 2.75) is 32.1 Å². The predicted octanol–water partition coefficient (Wildman–Crippen LogP) is 5.03. The summed E-state index contributed by atoms with van der Waals surface area (Å²) >= 11 is 23.2. The molecule has 0 bridgehead atoms. The second-order valence-corrected chi connectivity index (χ2v) is 9.87. The van der Waals surface area contributed by atoms with E-state index in [0.717, 1.165) is 36.8 Å². The molecule has 172 valence electrons. The summed E-state index contributed by atoms with van der Waals surface area (Å²) in [4.78, 5) is 23.6. The van der Waals surface area contributed by atoms with E-state index in [9.17, 15) is 9.59 Å². The molecule has 2 aliphatic rings. The zero-order valence-corrected chi connectivity index (χ0v) is 20.7. The van der Waals surface area contributed by atoms with Gasteiger partial charge in [0.15, 0.2) is 10.2 Å². The molecule has 10 heteroatoms. The molecule has 2 amide bonds. The molecule has 0 aromatic heterocycles. The molecule has 0 radical (unpaired) electrons. The Kier molecular flexibility index (Phi) is 7.48. The van der Waals surface area contributed by atoms with Gasteiger partial charge in [0.25, 0.3) is 0 Å². The molecular weight excluding hydrogens is 499 g/mol. The molecule has 0 saturated heterocycles. The summed E-state index contributed by atoms with van der Waals surface area (Å²) in [6.07, 6.45) is 4.26. The van der Waals surface area contributed by atoms with E-state index in [-0.39, 0.29) is 33.9 Å². The fourth-order valence-electron chi connectivity index (χ4n) is 3.20. The van der Waals surface area contributed by atoms with Crippen LogP contribution in [0.25, 0.3) is 0 Å². The fraction of sp³-hybridized carbons (Fsp3) is 0.304. The van der Waals surface area contributed by atoms with E-state index in [2.05, 4.69) is 21.3 Å². The molecule has 2 aromatic carbocycles. The van der Waals surface area contributed by atoms with Crippen molar-refractivity contribution >= 4 is 81.1 Å². The Morgan fingerprint density at radius 1 is 0.758 bits per heavy atom. The Balaban J connectivity index is 1.33. The van der Waals surface area contributed by atoms with Crippen LogP contribution < -0.4 is 21.3 Å². The number of benzene rings is 2. The van der Waals surface area contributed by atoms with Crippen molar-refractivity contribution in [2.75, 3.05) is 10.6 Å². The van der Waals surface area contributed by atoms with Crippen molar-refractivity contribution in [3.05, 3.63) is 57.6 Å². The van der Waals surface area contributed by atoms with Crippen molar-refractivity contribution < 1.29 is 9.59 Å². The zero-order chi connectivity index (χ0) is 23.5. The van der Waals surface area contributed by atoms with Crippen molar-refractivity contribution in [3.8, 4) is 0 Å². The third-order valence-electron chi connectivity index (χ3n) is 5.34. The molecule has 2 fully saturated rings. The number of halogens is 2. The number of anilines is 2. The summed E-state index contributed by atoms with van der Waals surface area (Å²) in [7, 11) is 0. The van der Waals surface area contributed by atoms with Crippen LogP contribution in [0.4, 0.5) is 11.4 Å². The van der Waals surface area contributed by atoms with Gasteiger partial charge in [-0.15, -0.1) is 0 Å². The zero-order valence-electron chi connectivity index (χ0n) is 17.5.